The summed E-state index contributed by atoms with van der Waals surface area (Å²) >= 11 is 0. The smallest absolute Gasteiger partial charge is 0.253 e. The molecular weight excluding hydrogens is 252 g/mol. The van der Waals surface area contributed by atoms with E-state index in [9.17, 15) is 4.79 Å². The Hall–Kier alpha value is -1.88. The van der Waals surface area contributed by atoms with Crippen molar-refractivity contribution in [2.24, 2.45) is 0 Å². The summed E-state index contributed by atoms with van der Waals surface area (Å²) in [7, 11) is 4.05. The molecule has 0 radical (unpaired) electrons. The first-order chi connectivity index (χ1) is 9.65. The van der Waals surface area contributed by atoms with Gasteiger partial charge in [-0.15, -0.1) is 0 Å². The van der Waals surface area contributed by atoms with Gasteiger partial charge in [-0.25, -0.2) is 4.98 Å². The van der Waals surface area contributed by atoms with Crippen LogP contribution in [0.2, 0.25) is 0 Å². The molecule has 0 aliphatic carbocycles. The van der Waals surface area contributed by atoms with Gasteiger partial charge in [0.1, 0.15) is 0 Å². The summed E-state index contributed by atoms with van der Waals surface area (Å²) in [5.41, 5.74) is 1.69. The van der Waals surface area contributed by atoms with Crippen LogP contribution in [0.4, 0.5) is 0 Å². The maximum atomic E-state index is 12.6. The standard InChI is InChI=1S/C15H20N4O/c1-17-6-4-13(5-7-17)18(2)15(20)12-3-8-19-11-16-10-14(19)9-12/h3,8-11,13H,4-7H2,1-2H3. The number of likely N-dealkylation sites (tertiary alicyclic amines) is 1. The summed E-state index contributed by atoms with van der Waals surface area (Å²) in [5, 5.41) is 0. The molecule has 1 saturated heterocycles. The molecule has 3 rings (SSSR count). The topological polar surface area (TPSA) is 40.9 Å². The molecule has 1 aliphatic rings. The van der Waals surface area contributed by atoms with Crippen molar-refractivity contribution in [1.29, 1.82) is 0 Å². The number of carbonyl (C=O) groups is 1. The molecule has 2 aromatic rings. The normalized spacial score (nSPS) is 17.5. The minimum atomic E-state index is 0.100. The summed E-state index contributed by atoms with van der Waals surface area (Å²) in [5.74, 6) is 0.100. The first-order valence-electron chi connectivity index (χ1n) is 7.02. The second-order valence-electron chi connectivity index (χ2n) is 5.59. The Morgan fingerprint density at radius 3 is 2.90 bits per heavy atom. The zero-order chi connectivity index (χ0) is 14.1. The lowest BCUT2D eigenvalue weighted by Gasteiger charge is -2.35. The molecule has 106 valence electrons. The Morgan fingerprint density at radius 2 is 2.15 bits per heavy atom. The van der Waals surface area contributed by atoms with Gasteiger partial charge in [0, 0.05) is 24.8 Å². The first kappa shape index (κ1) is 13.1. The molecule has 0 saturated carbocycles. The molecule has 0 unspecified atom stereocenters. The third kappa shape index (κ3) is 2.41. The van der Waals surface area contributed by atoms with Crippen molar-refractivity contribution >= 4 is 11.4 Å². The molecule has 5 heteroatoms. The van der Waals surface area contributed by atoms with Crippen LogP contribution in [-0.2, 0) is 0 Å². The third-order valence-corrected chi connectivity index (χ3v) is 4.22. The van der Waals surface area contributed by atoms with Crippen molar-refractivity contribution < 1.29 is 4.79 Å². The summed E-state index contributed by atoms with van der Waals surface area (Å²) < 4.78 is 1.91. The number of rotatable bonds is 2. The number of piperidine rings is 1. The maximum Gasteiger partial charge on any atom is 0.253 e. The van der Waals surface area contributed by atoms with E-state index in [1.54, 1.807) is 12.5 Å². The summed E-state index contributed by atoms with van der Waals surface area (Å²) in [6.45, 7) is 2.12. The number of carbonyl (C=O) groups excluding carboxylic acids is 1. The number of fused-ring (bicyclic) bond motifs is 1. The Bertz CT molecular complexity index is 613. The number of nitrogens with zero attached hydrogens (tertiary/aromatic N) is 4. The predicted octanol–water partition coefficient (Wildman–Crippen LogP) is 1.50. The van der Waals surface area contributed by atoms with Gasteiger partial charge in [-0.05, 0) is 45.1 Å². The van der Waals surface area contributed by atoms with Crippen LogP contribution >= 0.6 is 0 Å². The minimum Gasteiger partial charge on any atom is -0.339 e. The van der Waals surface area contributed by atoms with E-state index in [1.165, 1.54) is 0 Å². The van der Waals surface area contributed by atoms with E-state index in [0.717, 1.165) is 37.0 Å². The fraction of sp³-hybridized carbons (Fsp3) is 0.467. The predicted molar refractivity (Wildman–Crippen MR) is 77.8 cm³/mol. The molecule has 0 atom stereocenters. The molecule has 3 heterocycles. The van der Waals surface area contributed by atoms with Gasteiger partial charge in [0.25, 0.3) is 5.91 Å². The minimum absolute atomic E-state index is 0.100. The van der Waals surface area contributed by atoms with Crippen LogP contribution in [0.5, 0.6) is 0 Å². The van der Waals surface area contributed by atoms with Gasteiger partial charge in [0.2, 0.25) is 0 Å². The zero-order valence-electron chi connectivity index (χ0n) is 12.0. The second kappa shape index (κ2) is 5.25. The van der Waals surface area contributed by atoms with Crippen molar-refractivity contribution in [2.45, 2.75) is 18.9 Å². The second-order valence-corrected chi connectivity index (χ2v) is 5.59. The van der Waals surface area contributed by atoms with Crippen LogP contribution in [0.25, 0.3) is 5.52 Å². The lowest BCUT2D eigenvalue weighted by Crippen LogP contribution is -2.44. The molecule has 1 fully saturated rings. The van der Waals surface area contributed by atoms with Gasteiger partial charge in [0.15, 0.2) is 0 Å². The highest BCUT2D eigenvalue weighted by Gasteiger charge is 2.24. The number of imidazole rings is 1. The van der Waals surface area contributed by atoms with E-state index in [1.807, 2.05) is 34.7 Å². The van der Waals surface area contributed by atoms with Crippen LogP contribution in [0.15, 0.2) is 30.9 Å². The summed E-state index contributed by atoms with van der Waals surface area (Å²) in [4.78, 5) is 20.9. The van der Waals surface area contributed by atoms with Crippen molar-refractivity contribution in [3.05, 3.63) is 36.4 Å². The van der Waals surface area contributed by atoms with Gasteiger partial charge in [0.05, 0.1) is 18.0 Å². The molecular formula is C15H20N4O. The van der Waals surface area contributed by atoms with Crippen LogP contribution < -0.4 is 0 Å². The van der Waals surface area contributed by atoms with Gasteiger partial charge in [-0.3, -0.25) is 4.79 Å². The number of hydrogen-bond acceptors (Lipinski definition) is 3. The van der Waals surface area contributed by atoms with Gasteiger partial charge in [-0.1, -0.05) is 0 Å². The maximum absolute atomic E-state index is 12.6. The molecule has 0 aromatic carbocycles. The Morgan fingerprint density at radius 1 is 1.40 bits per heavy atom. The SMILES string of the molecule is CN1CCC(N(C)C(=O)c2ccn3cncc3c2)CC1. The van der Waals surface area contributed by atoms with Gasteiger partial charge < -0.3 is 14.2 Å². The summed E-state index contributed by atoms with van der Waals surface area (Å²) in [6, 6.07) is 4.11. The van der Waals surface area contributed by atoms with Gasteiger partial charge in [-0.2, -0.15) is 0 Å². The first-order valence-corrected chi connectivity index (χ1v) is 7.02. The Labute approximate surface area is 118 Å². The average Bonchev–Trinajstić information content (AvgIpc) is 2.94. The number of hydrogen-bond donors (Lipinski definition) is 0. The van der Waals surface area contributed by atoms with Crippen LogP contribution in [0.3, 0.4) is 0 Å². The Kier molecular flexibility index (Phi) is 3.44. The van der Waals surface area contributed by atoms with E-state index >= 15 is 0 Å². The van der Waals surface area contributed by atoms with Crippen LogP contribution in [0.1, 0.15) is 23.2 Å². The molecule has 1 aliphatic heterocycles. The van der Waals surface area contributed by atoms with E-state index < -0.39 is 0 Å². The number of pyridine rings is 1. The van der Waals surface area contributed by atoms with E-state index in [0.29, 0.717) is 6.04 Å². The molecule has 2 aromatic heterocycles. The quantitative estimate of drug-likeness (QED) is 0.832. The molecule has 5 nitrogen and oxygen atoms in total. The van der Waals surface area contributed by atoms with Crippen molar-refractivity contribution in [1.82, 2.24) is 19.2 Å². The largest absolute Gasteiger partial charge is 0.339 e. The number of amides is 1. The van der Waals surface area contributed by atoms with Crippen molar-refractivity contribution in [3.8, 4) is 0 Å². The fourth-order valence-electron chi connectivity index (χ4n) is 2.80. The average molecular weight is 272 g/mol. The molecule has 0 spiro atoms. The van der Waals surface area contributed by atoms with Crippen LogP contribution in [0, 0.1) is 0 Å². The van der Waals surface area contributed by atoms with Gasteiger partial charge >= 0.3 is 0 Å². The lowest BCUT2D eigenvalue weighted by atomic mass is 10.0. The molecule has 20 heavy (non-hydrogen) atoms. The highest BCUT2D eigenvalue weighted by atomic mass is 16.2. The molecule has 0 N–H and O–H groups in total. The molecule has 0 bridgehead atoms. The van der Waals surface area contributed by atoms with Crippen molar-refractivity contribution in [3.63, 3.8) is 0 Å². The Balaban J connectivity index is 1.77. The highest BCUT2D eigenvalue weighted by molar-refractivity contribution is 5.95. The zero-order valence-corrected chi connectivity index (χ0v) is 12.0. The van der Waals surface area contributed by atoms with E-state index in [4.69, 9.17) is 0 Å². The fourth-order valence-corrected chi connectivity index (χ4v) is 2.80. The summed E-state index contributed by atoms with van der Waals surface area (Å²) in [6.07, 6.45) is 7.50. The monoisotopic (exact) mass is 272 g/mol. The third-order valence-electron chi connectivity index (χ3n) is 4.22. The van der Waals surface area contributed by atoms with Crippen molar-refractivity contribution in [2.75, 3.05) is 27.2 Å². The highest BCUT2D eigenvalue weighted by Crippen LogP contribution is 2.17. The lowest BCUT2D eigenvalue weighted by molar-refractivity contribution is 0.0659. The molecule has 1 amide bonds. The number of aromatic nitrogens is 2. The van der Waals surface area contributed by atoms with E-state index in [-0.39, 0.29) is 5.91 Å². The van der Waals surface area contributed by atoms with Crippen LogP contribution in [-0.4, -0.2) is 58.3 Å². The van der Waals surface area contributed by atoms with E-state index in [2.05, 4.69) is 16.9 Å².